The number of rotatable bonds is 6. The molecule has 6 aromatic rings. The summed E-state index contributed by atoms with van der Waals surface area (Å²) in [6, 6.07) is 48.9. The summed E-state index contributed by atoms with van der Waals surface area (Å²) in [5.74, 6) is 0. The molecule has 2 aliphatic carbocycles. The number of hydrogen-bond donors (Lipinski definition) is 0. The van der Waals surface area contributed by atoms with Gasteiger partial charge in [-0.1, -0.05) is 0 Å². The Balaban J connectivity index is 1.57. The number of hydrogen-bond acceptors (Lipinski definition) is 0. The van der Waals surface area contributed by atoms with E-state index in [1.807, 2.05) is 0 Å². The third kappa shape index (κ3) is 6.86. The van der Waals surface area contributed by atoms with Gasteiger partial charge in [-0.25, -0.2) is 0 Å². The molecule has 8 rings (SSSR count). The fourth-order valence-electron chi connectivity index (χ4n) is 8.76. The molecule has 0 atom stereocenters. The third-order valence-electron chi connectivity index (χ3n) is 11.3. The van der Waals surface area contributed by atoms with Crippen molar-refractivity contribution in [1.82, 2.24) is 0 Å². The molecule has 0 N–H and O–H groups in total. The van der Waals surface area contributed by atoms with E-state index in [1.165, 1.54) is 72.3 Å². The molecular weight excluding hydrogens is 728 g/mol. The summed E-state index contributed by atoms with van der Waals surface area (Å²) in [7, 11) is 0. The second kappa shape index (κ2) is 14.3. The standard InChI is InChI=1S/C33H33.C15H14.C5H5.Zr/c1-32(2,3)30-20-26-24(18-28(30)22-13-9-7-10-14-22)17-25-19-29(23-15-11-8-12-16-23)31(21-27(25)26)33(4,5)6;1-12-5-3-7-14(9-12)11-15-8-4-6-13(2)10-15;1-2-4-5-3-1;/h7-16,18,20-21H,17H2,1-6H3;3-10H,1-2H3;1-3H,4H2;. The van der Waals surface area contributed by atoms with Crippen LogP contribution < -0.4 is 3.27 Å². The second-order valence-corrected chi connectivity index (χ2v) is 23.4. The van der Waals surface area contributed by atoms with E-state index in [9.17, 15) is 0 Å². The van der Waals surface area contributed by atoms with E-state index in [1.54, 1.807) is 15.3 Å². The molecule has 0 spiro atoms. The van der Waals surface area contributed by atoms with Gasteiger partial charge in [-0.05, 0) is 0 Å². The first-order valence-corrected chi connectivity index (χ1v) is 23.3. The van der Waals surface area contributed by atoms with Crippen LogP contribution in [-0.4, -0.2) is 3.21 Å². The van der Waals surface area contributed by atoms with Crippen LogP contribution >= 0.6 is 0 Å². The molecule has 0 fully saturated rings. The maximum atomic E-state index is 2.61. The van der Waals surface area contributed by atoms with E-state index in [4.69, 9.17) is 0 Å². The molecule has 0 saturated carbocycles. The van der Waals surface area contributed by atoms with Crippen LogP contribution in [0.1, 0.15) is 92.5 Å². The number of allylic oxidation sites excluding steroid dienone is 4. The summed E-state index contributed by atoms with van der Waals surface area (Å²) in [6.07, 6.45) is 9.20. The van der Waals surface area contributed by atoms with Crippen LogP contribution in [0.2, 0.25) is 0 Å². The Morgan fingerprint density at radius 2 is 1.13 bits per heavy atom. The third-order valence-corrected chi connectivity index (χ3v) is 19.0. The molecule has 0 nitrogen and oxygen atoms in total. The van der Waals surface area contributed by atoms with Gasteiger partial charge in [0.2, 0.25) is 0 Å². The molecule has 0 saturated heterocycles. The van der Waals surface area contributed by atoms with Crippen LogP contribution in [0.25, 0.3) is 33.4 Å². The Labute approximate surface area is 331 Å². The second-order valence-electron chi connectivity index (χ2n) is 17.5. The Hall–Kier alpha value is -4.45. The molecule has 0 heterocycles. The van der Waals surface area contributed by atoms with Crippen molar-refractivity contribution < 1.29 is 21.3 Å². The van der Waals surface area contributed by atoms with Gasteiger partial charge in [0, 0.05) is 0 Å². The molecular formula is C53H52Zr. The van der Waals surface area contributed by atoms with Crippen LogP contribution in [-0.2, 0) is 38.5 Å². The molecule has 0 aliphatic heterocycles. The summed E-state index contributed by atoms with van der Waals surface area (Å²) >= 11 is -3.05. The summed E-state index contributed by atoms with van der Waals surface area (Å²) in [4.78, 5) is 0. The summed E-state index contributed by atoms with van der Waals surface area (Å²) in [5.41, 5.74) is 19.6. The molecule has 0 unspecified atom stereocenters. The van der Waals surface area contributed by atoms with E-state index < -0.39 is 21.3 Å². The minimum absolute atomic E-state index is 0.0127. The van der Waals surface area contributed by atoms with Gasteiger partial charge < -0.3 is 0 Å². The van der Waals surface area contributed by atoms with E-state index in [2.05, 4.69) is 201 Å². The van der Waals surface area contributed by atoms with Crippen molar-refractivity contribution in [1.29, 1.82) is 0 Å². The van der Waals surface area contributed by atoms with Crippen LogP contribution in [0.5, 0.6) is 0 Å². The Bertz CT molecular complexity index is 2440. The molecule has 268 valence electrons. The van der Waals surface area contributed by atoms with E-state index in [0.717, 1.165) is 12.8 Å². The first-order valence-electron chi connectivity index (χ1n) is 19.6. The Morgan fingerprint density at radius 1 is 0.556 bits per heavy atom. The predicted molar refractivity (Wildman–Crippen MR) is 230 cm³/mol. The van der Waals surface area contributed by atoms with Crippen molar-refractivity contribution in [2.45, 2.75) is 79.1 Å². The number of benzene rings is 6. The van der Waals surface area contributed by atoms with Gasteiger partial charge in [0.25, 0.3) is 0 Å². The normalized spacial score (nSPS) is 13.4. The molecule has 2 aliphatic rings. The van der Waals surface area contributed by atoms with Gasteiger partial charge in [0.1, 0.15) is 0 Å². The zero-order valence-corrected chi connectivity index (χ0v) is 35.7. The van der Waals surface area contributed by atoms with Crippen LogP contribution in [0, 0.1) is 13.8 Å². The molecule has 0 aromatic heterocycles. The monoisotopic (exact) mass is 778 g/mol. The Morgan fingerprint density at radius 3 is 1.67 bits per heavy atom. The predicted octanol–water partition coefficient (Wildman–Crippen LogP) is 13.2. The van der Waals surface area contributed by atoms with Crippen molar-refractivity contribution in [2.75, 3.05) is 0 Å². The average Bonchev–Trinajstić information content (AvgIpc) is 3.81. The SMILES string of the molecule is Cc1cccc([C](c2cccc(C)c2)=[Zr]([C]2=CC=CC2)[c]2c3c(cc(C(C)(C)C)c2-c2ccccc2)-c2cc(C(C)(C)C)c(-c4ccccc4)cc2C3)c1. The van der Waals surface area contributed by atoms with Crippen molar-refractivity contribution in [3.8, 4) is 33.4 Å². The molecule has 0 bridgehead atoms. The van der Waals surface area contributed by atoms with Gasteiger partial charge >= 0.3 is 334 Å². The molecule has 1 heteroatoms. The molecule has 0 radical (unpaired) electrons. The summed E-state index contributed by atoms with van der Waals surface area (Å²) in [6.45, 7) is 18.9. The molecule has 54 heavy (non-hydrogen) atoms. The van der Waals surface area contributed by atoms with Gasteiger partial charge in [0.15, 0.2) is 0 Å². The van der Waals surface area contributed by atoms with E-state index in [0.29, 0.717) is 0 Å². The topological polar surface area (TPSA) is 0 Å². The summed E-state index contributed by atoms with van der Waals surface area (Å²) in [5, 5.41) is 0. The maximum absolute atomic E-state index is 3.05. The van der Waals surface area contributed by atoms with Crippen LogP contribution in [0.4, 0.5) is 0 Å². The quantitative estimate of drug-likeness (QED) is 0.158. The van der Waals surface area contributed by atoms with Crippen molar-refractivity contribution in [3.05, 3.63) is 193 Å². The Kier molecular flexibility index (Phi) is 9.69. The minimum atomic E-state index is -3.05. The first kappa shape index (κ1) is 36.5. The molecule has 0 amide bonds. The van der Waals surface area contributed by atoms with Gasteiger partial charge in [-0.3, -0.25) is 0 Å². The average molecular weight is 780 g/mol. The fraction of sp³-hybridized carbons (Fsp3) is 0.226. The van der Waals surface area contributed by atoms with Crippen LogP contribution in [0.15, 0.2) is 149 Å². The summed E-state index contributed by atoms with van der Waals surface area (Å²) < 4.78 is 4.90. The van der Waals surface area contributed by atoms with Crippen molar-refractivity contribution in [3.63, 3.8) is 0 Å². The van der Waals surface area contributed by atoms with Gasteiger partial charge in [0.05, 0.1) is 0 Å². The zero-order valence-electron chi connectivity index (χ0n) is 33.3. The van der Waals surface area contributed by atoms with Crippen molar-refractivity contribution >= 4 is 6.48 Å². The van der Waals surface area contributed by atoms with E-state index in [-0.39, 0.29) is 10.8 Å². The van der Waals surface area contributed by atoms with Crippen molar-refractivity contribution in [2.24, 2.45) is 0 Å². The molecule has 6 aromatic carbocycles. The first-order chi connectivity index (χ1) is 25.9. The number of aryl methyl sites for hydroxylation is 2. The number of fused-ring (bicyclic) bond motifs is 3. The zero-order chi connectivity index (χ0) is 37.8. The fourth-order valence-corrected chi connectivity index (χ4v) is 17.2. The van der Waals surface area contributed by atoms with Gasteiger partial charge in [-0.15, -0.1) is 0 Å². The van der Waals surface area contributed by atoms with E-state index >= 15 is 0 Å². The van der Waals surface area contributed by atoms with Gasteiger partial charge in [-0.2, -0.15) is 0 Å². The van der Waals surface area contributed by atoms with Crippen LogP contribution in [0.3, 0.4) is 0 Å².